The van der Waals surface area contributed by atoms with Gasteiger partial charge in [-0.3, -0.25) is 4.79 Å². The molecule has 0 aliphatic heterocycles. The van der Waals surface area contributed by atoms with Crippen molar-refractivity contribution in [3.05, 3.63) is 28.7 Å². The van der Waals surface area contributed by atoms with Gasteiger partial charge in [-0.15, -0.1) is 11.3 Å². The van der Waals surface area contributed by atoms with Crippen LogP contribution in [-0.4, -0.2) is 44.5 Å². The topological polar surface area (TPSA) is 72.9 Å². The van der Waals surface area contributed by atoms with Crippen LogP contribution >= 0.6 is 11.3 Å². The SMILES string of the molecule is CCOC(=O)C(=CCN(CC)c1ccc(C=O)s1)C(=O)OCC. The Bertz CT molecular complexity index is 559. The summed E-state index contributed by atoms with van der Waals surface area (Å²) in [6.45, 7) is 6.65. The number of aldehydes is 1. The Morgan fingerprint density at radius 1 is 1.13 bits per heavy atom. The molecule has 0 radical (unpaired) electrons. The van der Waals surface area contributed by atoms with Gasteiger partial charge in [-0.2, -0.15) is 0 Å². The van der Waals surface area contributed by atoms with Crippen molar-refractivity contribution in [1.29, 1.82) is 0 Å². The van der Waals surface area contributed by atoms with Crippen LogP contribution in [0.25, 0.3) is 0 Å². The van der Waals surface area contributed by atoms with Crippen LogP contribution in [0.2, 0.25) is 0 Å². The summed E-state index contributed by atoms with van der Waals surface area (Å²) in [6, 6.07) is 3.57. The van der Waals surface area contributed by atoms with Crippen molar-refractivity contribution in [2.75, 3.05) is 31.2 Å². The Morgan fingerprint density at radius 3 is 2.17 bits per heavy atom. The number of hydrogen-bond donors (Lipinski definition) is 0. The second-order valence-corrected chi connectivity index (χ2v) is 5.49. The number of nitrogens with zero attached hydrogens (tertiary/aromatic N) is 1. The summed E-state index contributed by atoms with van der Waals surface area (Å²) in [5.74, 6) is -1.39. The Hall–Kier alpha value is -2.15. The van der Waals surface area contributed by atoms with E-state index in [0.717, 1.165) is 11.3 Å². The van der Waals surface area contributed by atoms with Crippen LogP contribution in [0, 0.1) is 0 Å². The zero-order valence-corrected chi connectivity index (χ0v) is 14.4. The lowest BCUT2D eigenvalue weighted by molar-refractivity contribution is -0.146. The number of carbonyl (C=O) groups excluding carboxylic acids is 3. The first-order chi connectivity index (χ1) is 11.1. The third-order valence-electron chi connectivity index (χ3n) is 2.93. The monoisotopic (exact) mass is 339 g/mol. The standard InChI is InChI=1S/C16H21NO5S/c1-4-17(14-8-7-12(11-18)23-14)10-9-13(15(19)21-5-2)16(20)22-6-3/h7-9,11H,4-6,10H2,1-3H3. The first-order valence-electron chi connectivity index (χ1n) is 7.41. The van der Waals surface area contributed by atoms with E-state index in [-0.39, 0.29) is 18.8 Å². The molecule has 0 saturated carbocycles. The molecule has 0 unspecified atom stereocenters. The summed E-state index contributed by atoms with van der Waals surface area (Å²) in [5, 5.41) is 0.887. The van der Waals surface area contributed by atoms with Crippen molar-refractivity contribution in [2.24, 2.45) is 0 Å². The maximum absolute atomic E-state index is 11.9. The molecule has 0 aliphatic carbocycles. The number of carbonyl (C=O) groups is 3. The van der Waals surface area contributed by atoms with Crippen molar-refractivity contribution in [3.8, 4) is 0 Å². The lowest BCUT2D eigenvalue weighted by Crippen LogP contribution is -2.25. The fourth-order valence-corrected chi connectivity index (χ4v) is 2.71. The van der Waals surface area contributed by atoms with Gasteiger partial charge in [0.25, 0.3) is 0 Å². The molecule has 0 N–H and O–H groups in total. The van der Waals surface area contributed by atoms with Gasteiger partial charge in [0.05, 0.1) is 23.1 Å². The highest BCUT2D eigenvalue weighted by Gasteiger charge is 2.21. The quantitative estimate of drug-likeness (QED) is 0.226. The fourth-order valence-electron chi connectivity index (χ4n) is 1.82. The van der Waals surface area contributed by atoms with E-state index >= 15 is 0 Å². The minimum Gasteiger partial charge on any atom is -0.462 e. The maximum Gasteiger partial charge on any atom is 0.345 e. The van der Waals surface area contributed by atoms with E-state index in [9.17, 15) is 14.4 Å². The summed E-state index contributed by atoms with van der Waals surface area (Å²) < 4.78 is 9.79. The zero-order valence-electron chi connectivity index (χ0n) is 13.5. The highest BCUT2D eigenvalue weighted by molar-refractivity contribution is 7.17. The fraction of sp³-hybridized carbons (Fsp3) is 0.438. The third kappa shape index (κ3) is 5.52. The van der Waals surface area contributed by atoms with Crippen LogP contribution in [-0.2, 0) is 19.1 Å². The van der Waals surface area contributed by atoms with Crippen molar-refractivity contribution in [3.63, 3.8) is 0 Å². The van der Waals surface area contributed by atoms with Crippen LogP contribution in [0.1, 0.15) is 30.4 Å². The number of esters is 2. The van der Waals surface area contributed by atoms with Gasteiger partial charge in [0.1, 0.15) is 5.57 Å². The molecule has 6 nitrogen and oxygen atoms in total. The van der Waals surface area contributed by atoms with E-state index in [1.807, 2.05) is 17.9 Å². The lowest BCUT2D eigenvalue weighted by Gasteiger charge is -2.19. The molecule has 126 valence electrons. The number of thiophene rings is 1. The van der Waals surface area contributed by atoms with Gasteiger partial charge >= 0.3 is 11.9 Å². The maximum atomic E-state index is 11.9. The van der Waals surface area contributed by atoms with Crippen molar-refractivity contribution in [1.82, 2.24) is 0 Å². The largest absolute Gasteiger partial charge is 0.462 e. The average Bonchev–Trinajstić information content (AvgIpc) is 3.00. The van der Waals surface area contributed by atoms with Crippen molar-refractivity contribution >= 4 is 34.6 Å². The van der Waals surface area contributed by atoms with Crippen LogP contribution in [0.5, 0.6) is 0 Å². The van der Waals surface area contributed by atoms with Gasteiger partial charge in [-0.25, -0.2) is 9.59 Å². The van der Waals surface area contributed by atoms with Crippen LogP contribution in [0.15, 0.2) is 23.8 Å². The van der Waals surface area contributed by atoms with Crippen LogP contribution in [0.4, 0.5) is 5.00 Å². The normalized spacial score (nSPS) is 9.87. The van der Waals surface area contributed by atoms with E-state index in [2.05, 4.69) is 0 Å². The second-order valence-electron chi connectivity index (χ2n) is 4.39. The second kappa shape index (κ2) is 9.78. The molecule has 1 heterocycles. The number of ether oxygens (including phenoxy) is 2. The smallest absolute Gasteiger partial charge is 0.345 e. The first-order valence-corrected chi connectivity index (χ1v) is 8.23. The highest BCUT2D eigenvalue weighted by Crippen LogP contribution is 2.24. The van der Waals surface area contributed by atoms with E-state index in [0.29, 0.717) is 18.0 Å². The van der Waals surface area contributed by atoms with Gasteiger partial charge in [0.2, 0.25) is 0 Å². The van der Waals surface area contributed by atoms with E-state index in [1.165, 1.54) is 17.4 Å². The molecule has 0 spiro atoms. The van der Waals surface area contributed by atoms with Gasteiger partial charge in [-0.05, 0) is 39.0 Å². The molecule has 1 rings (SSSR count). The molecule has 1 aromatic rings. The molecule has 0 aromatic carbocycles. The first kappa shape index (κ1) is 18.9. The van der Waals surface area contributed by atoms with Crippen LogP contribution in [0.3, 0.4) is 0 Å². The molecule has 0 atom stereocenters. The Morgan fingerprint density at radius 2 is 1.74 bits per heavy atom. The van der Waals surface area contributed by atoms with E-state index in [4.69, 9.17) is 9.47 Å². The molecule has 0 bridgehead atoms. The minimum absolute atomic E-state index is 0.112. The lowest BCUT2D eigenvalue weighted by atomic mass is 10.2. The Kier molecular flexibility index (Phi) is 8.04. The number of hydrogen-bond acceptors (Lipinski definition) is 7. The summed E-state index contributed by atoms with van der Waals surface area (Å²) in [5.41, 5.74) is -0.112. The number of likely N-dealkylation sites (N-methyl/N-ethyl adjacent to an activating group) is 1. The molecule has 0 fully saturated rings. The number of anilines is 1. The molecule has 0 saturated heterocycles. The summed E-state index contributed by atoms with van der Waals surface area (Å²) in [7, 11) is 0. The van der Waals surface area contributed by atoms with E-state index < -0.39 is 11.9 Å². The molecular formula is C16H21NO5S. The Labute approximate surface area is 139 Å². The van der Waals surface area contributed by atoms with Gasteiger partial charge in [0.15, 0.2) is 6.29 Å². The molecular weight excluding hydrogens is 318 g/mol. The van der Waals surface area contributed by atoms with Crippen LogP contribution < -0.4 is 4.90 Å². The predicted molar refractivity (Wildman–Crippen MR) is 88.9 cm³/mol. The summed E-state index contributed by atoms with van der Waals surface area (Å²) >= 11 is 1.35. The van der Waals surface area contributed by atoms with Crippen molar-refractivity contribution in [2.45, 2.75) is 20.8 Å². The summed E-state index contributed by atoms with van der Waals surface area (Å²) in [4.78, 5) is 37.1. The van der Waals surface area contributed by atoms with Crippen molar-refractivity contribution < 1.29 is 23.9 Å². The zero-order chi connectivity index (χ0) is 17.2. The molecule has 1 aromatic heterocycles. The number of rotatable bonds is 9. The van der Waals surface area contributed by atoms with Gasteiger partial charge < -0.3 is 14.4 Å². The predicted octanol–water partition coefficient (Wildman–Crippen LogP) is 2.44. The van der Waals surface area contributed by atoms with Gasteiger partial charge in [-0.1, -0.05) is 0 Å². The van der Waals surface area contributed by atoms with Gasteiger partial charge in [0, 0.05) is 13.1 Å². The molecule has 23 heavy (non-hydrogen) atoms. The summed E-state index contributed by atoms with van der Waals surface area (Å²) in [6.07, 6.45) is 2.29. The highest BCUT2D eigenvalue weighted by atomic mass is 32.1. The molecule has 0 aliphatic rings. The molecule has 0 amide bonds. The Balaban J connectivity index is 2.93. The molecule has 7 heteroatoms. The van der Waals surface area contributed by atoms with E-state index in [1.54, 1.807) is 19.9 Å². The average molecular weight is 339 g/mol. The third-order valence-corrected chi connectivity index (χ3v) is 4.00. The minimum atomic E-state index is -0.693.